The molecule has 3 N–H and O–H groups in total. The highest BCUT2D eigenvalue weighted by atomic mass is 127. The van der Waals surface area contributed by atoms with Crippen molar-refractivity contribution in [3.05, 3.63) is 33.4 Å². The minimum atomic E-state index is 0.117. The van der Waals surface area contributed by atoms with E-state index >= 15 is 0 Å². The Morgan fingerprint density at radius 1 is 1.40 bits per heavy atom. The quantitative estimate of drug-likeness (QED) is 0.462. The van der Waals surface area contributed by atoms with E-state index in [2.05, 4.69) is 52.3 Å². The highest BCUT2D eigenvalue weighted by Crippen LogP contribution is 2.43. The molecule has 3 rings (SSSR count). The third-order valence-electron chi connectivity index (χ3n) is 4.48. The lowest BCUT2D eigenvalue weighted by molar-refractivity contribution is -0.0854. The molecule has 2 fully saturated rings. The molecule has 3 unspecified atom stereocenters. The molecule has 3 atom stereocenters. The summed E-state index contributed by atoms with van der Waals surface area (Å²) in [6.45, 7) is 0.869. The van der Waals surface area contributed by atoms with Gasteiger partial charge in [-0.1, -0.05) is 12.1 Å². The van der Waals surface area contributed by atoms with E-state index in [1.807, 2.05) is 11.8 Å². The highest BCUT2D eigenvalue weighted by molar-refractivity contribution is 14.1. The van der Waals surface area contributed by atoms with Crippen LogP contribution in [0.1, 0.15) is 30.9 Å². The minimum absolute atomic E-state index is 0.117. The number of hydrogen-bond donors (Lipinski definition) is 2. The molecule has 110 valence electrons. The Labute approximate surface area is 138 Å². The zero-order valence-electron chi connectivity index (χ0n) is 11.5. The lowest BCUT2D eigenvalue weighted by Crippen LogP contribution is -2.45. The zero-order chi connectivity index (χ0) is 14.0. The lowest BCUT2D eigenvalue weighted by Gasteiger charge is -2.40. The number of nitrogens with one attached hydrogen (secondary N) is 1. The van der Waals surface area contributed by atoms with Gasteiger partial charge in [0.25, 0.3) is 0 Å². The van der Waals surface area contributed by atoms with Gasteiger partial charge in [-0.2, -0.15) is 11.8 Å². The molecule has 0 amide bonds. The maximum Gasteiger partial charge on any atom is 0.0783 e. The molecular weight excluding hydrogens is 383 g/mol. The van der Waals surface area contributed by atoms with Crippen LogP contribution in [0.25, 0.3) is 0 Å². The van der Waals surface area contributed by atoms with Crippen molar-refractivity contribution >= 4 is 34.4 Å². The van der Waals surface area contributed by atoms with Gasteiger partial charge in [-0.05, 0) is 71.2 Å². The van der Waals surface area contributed by atoms with Crippen molar-refractivity contribution in [2.24, 2.45) is 11.8 Å². The van der Waals surface area contributed by atoms with Crippen LogP contribution in [0, 0.1) is 9.49 Å². The van der Waals surface area contributed by atoms with Gasteiger partial charge in [0.2, 0.25) is 0 Å². The fourth-order valence-corrected chi connectivity index (χ4v) is 5.13. The largest absolute Gasteiger partial charge is 0.374 e. The van der Waals surface area contributed by atoms with Gasteiger partial charge in [0.15, 0.2) is 0 Å². The summed E-state index contributed by atoms with van der Waals surface area (Å²) < 4.78 is 7.38. The van der Waals surface area contributed by atoms with Crippen molar-refractivity contribution in [2.45, 2.75) is 30.9 Å². The number of hydrazine groups is 1. The molecule has 1 aromatic carbocycles. The number of hydrogen-bond acceptors (Lipinski definition) is 4. The zero-order valence-corrected chi connectivity index (χ0v) is 14.5. The van der Waals surface area contributed by atoms with Crippen LogP contribution < -0.4 is 11.3 Å². The van der Waals surface area contributed by atoms with Gasteiger partial charge in [-0.3, -0.25) is 11.3 Å². The summed E-state index contributed by atoms with van der Waals surface area (Å²) in [7, 11) is 0. The van der Waals surface area contributed by atoms with Crippen LogP contribution in [0.5, 0.6) is 0 Å². The van der Waals surface area contributed by atoms with Gasteiger partial charge in [0.1, 0.15) is 0 Å². The van der Waals surface area contributed by atoms with Gasteiger partial charge in [-0.25, -0.2) is 0 Å². The number of halogens is 1. The van der Waals surface area contributed by atoms with Crippen LogP contribution >= 0.6 is 34.4 Å². The first-order chi connectivity index (χ1) is 9.72. The second-order valence-electron chi connectivity index (χ2n) is 5.78. The Morgan fingerprint density at radius 3 is 2.85 bits per heavy atom. The summed E-state index contributed by atoms with van der Waals surface area (Å²) in [5.74, 6) is 8.80. The molecule has 1 aromatic rings. The third-order valence-corrected chi connectivity index (χ3v) is 6.42. The van der Waals surface area contributed by atoms with Gasteiger partial charge in [-0.15, -0.1) is 0 Å². The van der Waals surface area contributed by atoms with Crippen LogP contribution in [-0.2, 0) is 4.74 Å². The molecule has 2 heterocycles. The third kappa shape index (κ3) is 3.16. The number of rotatable bonds is 3. The summed E-state index contributed by atoms with van der Waals surface area (Å²) in [5, 5.41) is 0. The molecule has 0 aliphatic carbocycles. The number of nitrogens with two attached hydrogens (primary N) is 1. The molecule has 5 heteroatoms. The summed E-state index contributed by atoms with van der Waals surface area (Å²) in [4.78, 5) is 0. The molecule has 0 aromatic heterocycles. The molecule has 1 spiro atoms. The molecule has 2 aliphatic heterocycles. The van der Waals surface area contributed by atoms with Gasteiger partial charge >= 0.3 is 0 Å². The molecule has 2 aliphatic rings. The van der Waals surface area contributed by atoms with E-state index in [-0.39, 0.29) is 11.6 Å². The Bertz CT molecular complexity index is 448. The Hall–Kier alpha value is 0.180. The lowest BCUT2D eigenvalue weighted by atomic mass is 9.79. The van der Waals surface area contributed by atoms with Crippen LogP contribution in [0.4, 0.5) is 0 Å². The monoisotopic (exact) mass is 404 g/mol. The van der Waals surface area contributed by atoms with Gasteiger partial charge in [0.05, 0.1) is 5.60 Å². The normalized spacial score (nSPS) is 31.6. The predicted octanol–water partition coefficient (Wildman–Crippen LogP) is 3.10. The van der Waals surface area contributed by atoms with Crippen molar-refractivity contribution < 1.29 is 4.74 Å². The molecular formula is C15H21IN2OS. The maximum absolute atomic E-state index is 6.12. The first-order valence-corrected chi connectivity index (χ1v) is 9.39. The Balaban J connectivity index is 1.76. The fraction of sp³-hybridized carbons (Fsp3) is 0.600. The fourth-order valence-electron chi connectivity index (χ4n) is 3.39. The molecule has 2 saturated heterocycles. The standard InChI is InChI=1S/C15H21IN2OS/c16-13-3-1-11(2-4-13)14(18-17)12-5-7-19-15(9-12)6-8-20-10-15/h1-4,12,14,18H,5-10,17H2. The van der Waals surface area contributed by atoms with E-state index in [1.54, 1.807) is 0 Å². The van der Waals surface area contributed by atoms with E-state index in [1.165, 1.54) is 21.3 Å². The Kier molecular flexibility index (Phi) is 4.92. The second-order valence-corrected chi connectivity index (χ2v) is 8.13. The van der Waals surface area contributed by atoms with E-state index in [0.29, 0.717) is 5.92 Å². The molecule has 3 nitrogen and oxygen atoms in total. The van der Waals surface area contributed by atoms with E-state index < -0.39 is 0 Å². The van der Waals surface area contributed by atoms with Crippen molar-refractivity contribution in [2.75, 3.05) is 18.1 Å². The summed E-state index contributed by atoms with van der Waals surface area (Å²) in [5.41, 5.74) is 4.46. The van der Waals surface area contributed by atoms with Gasteiger partial charge in [0, 0.05) is 22.0 Å². The summed E-state index contributed by atoms with van der Waals surface area (Å²) >= 11 is 4.36. The molecule has 0 bridgehead atoms. The Morgan fingerprint density at radius 2 is 2.20 bits per heavy atom. The number of ether oxygens (including phenoxy) is 1. The van der Waals surface area contributed by atoms with E-state index in [9.17, 15) is 0 Å². The smallest absolute Gasteiger partial charge is 0.0783 e. The predicted molar refractivity (Wildman–Crippen MR) is 92.6 cm³/mol. The van der Waals surface area contributed by atoms with Crippen molar-refractivity contribution in [3.63, 3.8) is 0 Å². The van der Waals surface area contributed by atoms with Crippen LogP contribution in [0.3, 0.4) is 0 Å². The first-order valence-electron chi connectivity index (χ1n) is 7.16. The van der Waals surface area contributed by atoms with Crippen molar-refractivity contribution in [1.29, 1.82) is 0 Å². The van der Waals surface area contributed by atoms with E-state index in [0.717, 1.165) is 25.2 Å². The topological polar surface area (TPSA) is 47.3 Å². The van der Waals surface area contributed by atoms with Crippen LogP contribution in [-0.4, -0.2) is 23.7 Å². The van der Waals surface area contributed by atoms with Crippen LogP contribution in [0.15, 0.2) is 24.3 Å². The minimum Gasteiger partial charge on any atom is -0.374 e. The van der Waals surface area contributed by atoms with E-state index in [4.69, 9.17) is 10.6 Å². The first kappa shape index (κ1) is 15.1. The summed E-state index contributed by atoms with van der Waals surface area (Å²) in [6, 6.07) is 8.93. The summed E-state index contributed by atoms with van der Waals surface area (Å²) in [6.07, 6.45) is 3.41. The van der Waals surface area contributed by atoms with Gasteiger partial charge < -0.3 is 4.74 Å². The highest BCUT2D eigenvalue weighted by Gasteiger charge is 2.42. The molecule has 20 heavy (non-hydrogen) atoms. The van der Waals surface area contributed by atoms with Crippen LogP contribution in [0.2, 0.25) is 0 Å². The average Bonchev–Trinajstić information content (AvgIpc) is 2.90. The SMILES string of the molecule is NNC(c1ccc(I)cc1)C1CCOC2(CCSC2)C1. The molecule has 0 saturated carbocycles. The van der Waals surface area contributed by atoms with Crippen molar-refractivity contribution in [3.8, 4) is 0 Å². The van der Waals surface area contributed by atoms with Crippen molar-refractivity contribution in [1.82, 2.24) is 5.43 Å². The average molecular weight is 404 g/mol. The maximum atomic E-state index is 6.12. The number of thioether (sulfide) groups is 1. The second kappa shape index (κ2) is 6.52. The number of benzene rings is 1. The molecule has 0 radical (unpaired) electrons.